The molecule has 0 aromatic carbocycles. The van der Waals surface area contributed by atoms with Gasteiger partial charge in [0.25, 0.3) is 0 Å². The second-order valence-corrected chi connectivity index (χ2v) is 5.49. The SMILES string of the molecule is [2H]C1([2H])N(C(=O)OC(C)(C)C)C([2H])([2H])C([2H])([2H])N(c2ccc(C(=O)OC)nc2)C1([2H])[2H]. The molecule has 2 rings (SSSR count). The molecule has 0 saturated carbocycles. The van der Waals surface area contributed by atoms with Crippen LogP contribution >= 0.6 is 0 Å². The molecular formula is C16H23N3O4. The van der Waals surface area contributed by atoms with E-state index < -0.39 is 43.7 Å². The third kappa shape index (κ3) is 4.58. The van der Waals surface area contributed by atoms with Crippen molar-refractivity contribution in [2.24, 2.45) is 0 Å². The molecule has 0 radical (unpaired) electrons. The first-order chi connectivity index (χ1) is 13.8. The molecule has 1 aromatic heterocycles. The van der Waals surface area contributed by atoms with E-state index in [-0.39, 0.29) is 21.2 Å². The summed E-state index contributed by atoms with van der Waals surface area (Å²) in [6.07, 6.45) is -0.675. The van der Waals surface area contributed by atoms with Crippen LogP contribution in [0.3, 0.4) is 0 Å². The Morgan fingerprint density at radius 1 is 1.22 bits per heavy atom. The lowest BCUT2D eigenvalue weighted by molar-refractivity contribution is 0.0240. The van der Waals surface area contributed by atoms with Crippen molar-refractivity contribution in [3.63, 3.8) is 0 Å². The molecule has 0 bridgehead atoms. The van der Waals surface area contributed by atoms with Gasteiger partial charge in [0.2, 0.25) is 0 Å². The van der Waals surface area contributed by atoms with E-state index in [9.17, 15) is 9.59 Å². The van der Waals surface area contributed by atoms with Crippen molar-refractivity contribution in [1.82, 2.24) is 9.88 Å². The van der Waals surface area contributed by atoms with Crippen molar-refractivity contribution in [3.05, 3.63) is 24.0 Å². The molecule has 0 N–H and O–H groups in total. The summed E-state index contributed by atoms with van der Waals surface area (Å²) in [7, 11) is 1.12. The molecule has 0 aliphatic carbocycles. The van der Waals surface area contributed by atoms with E-state index in [4.69, 9.17) is 15.7 Å². The van der Waals surface area contributed by atoms with Gasteiger partial charge in [-0.05, 0) is 32.9 Å². The first kappa shape index (κ1) is 9.10. The number of aromatic nitrogens is 1. The minimum absolute atomic E-state index is 0.175. The maximum Gasteiger partial charge on any atom is 0.410 e. The Labute approximate surface area is 147 Å². The highest BCUT2D eigenvalue weighted by Crippen LogP contribution is 2.17. The number of hydrogen-bond acceptors (Lipinski definition) is 6. The topological polar surface area (TPSA) is 72.0 Å². The van der Waals surface area contributed by atoms with Gasteiger partial charge in [-0.25, -0.2) is 14.6 Å². The van der Waals surface area contributed by atoms with Gasteiger partial charge < -0.3 is 19.3 Å². The number of carbonyl (C=O) groups is 2. The second-order valence-electron chi connectivity index (χ2n) is 5.49. The molecule has 1 aliphatic heterocycles. The highest BCUT2D eigenvalue weighted by Gasteiger charge is 2.26. The van der Waals surface area contributed by atoms with Gasteiger partial charge in [-0.1, -0.05) is 0 Å². The molecule has 1 amide bonds. The fourth-order valence-electron chi connectivity index (χ4n) is 1.53. The Bertz CT molecular complexity index is 843. The molecular weight excluding hydrogens is 298 g/mol. The smallest absolute Gasteiger partial charge is 0.410 e. The van der Waals surface area contributed by atoms with Crippen molar-refractivity contribution < 1.29 is 30.0 Å². The minimum Gasteiger partial charge on any atom is -0.464 e. The lowest BCUT2D eigenvalue weighted by Crippen LogP contribution is -2.50. The van der Waals surface area contributed by atoms with Crippen LogP contribution in [-0.4, -0.2) is 60.6 Å². The molecule has 0 spiro atoms. The third-order valence-corrected chi connectivity index (χ3v) is 2.52. The standard InChI is InChI=1S/C16H23N3O4/c1-16(2,3)23-15(21)19-9-7-18(8-10-19)12-5-6-13(17-11-12)14(20)22-4/h5-6,11H,7-10H2,1-4H3/i7D2,8D2,9D2,10D2. The Morgan fingerprint density at radius 2 is 1.87 bits per heavy atom. The van der Waals surface area contributed by atoms with E-state index >= 15 is 0 Å². The summed E-state index contributed by atoms with van der Waals surface area (Å²) in [5.41, 5.74) is -1.71. The number of carbonyl (C=O) groups excluding carboxylic acids is 2. The fraction of sp³-hybridized carbons (Fsp3) is 0.562. The summed E-state index contributed by atoms with van der Waals surface area (Å²) in [5.74, 6) is -0.807. The first-order valence-electron chi connectivity index (χ1n) is 10.7. The van der Waals surface area contributed by atoms with Crippen molar-refractivity contribution in [3.8, 4) is 0 Å². The molecule has 1 saturated heterocycles. The van der Waals surface area contributed by atoms with E-state index in [1.165, 1.54) is 20.8 Å². The van der Waals surface area contributed by atoms with E-state index in [1.807, 2.05) is 0 Å². The summed E-state index contributed by atoms with van der Waals surface area (Å²) >= 11 is 0. The van der Waals surface area contributed by atoms with Crippen LogP contribution in [0, 0.1) is 0 Å². The summed E-state index contributed by atoms with van der Waals surface area (Å²) in [5, 5.41) is 0. The van der Waals surface area contributed by atoms with Gasteiger partial charge in [0.05, 0.1) is 30.0 Å². The molecule has 23 heavy (non-hydrogen) atoms. The number of anilines is 1. The number of esters is 1. The van der Waals surface area contributed by atoms with Crippen LogP contribution in [0.5, 0.6) is 0 Å². The molecule has 7 nitrogen and oxygen atoms in total. The predicted octanol–water partition coefficient (Wildman–Crippen LogP) is 1.93. The molecule has 1 aromatic rings. The van der Waals surface area contributed by atoms with Crippen molar-refractivity contribution in [2.75, 3.05) is 38.0 Å². The summed E-state index contributed by atoms with van der Waals surface area (Å²) in [6.45, 7) is -8.99. The van der Waals surface area contributed by atoms with Crippen LogP contribution in [-0.2, 0) is 9.47 Å². The Hall–Kier alpha value is -2.31. The predicted molar refractivity (Wildman–Crippen MR) is 85.6 cm³/mol. The van der Waals surface area contributed by atoms with E-state index in [2.05, 4.69) is 9.72 Å². The second kappa shape index (κ2) is 6.85. The number of pyridine rings is 1. The lowest BCUT2D eigenvalue weighted by atomic mass is 10.2. The lowest BCUT2D eigenvalue weighted by Gasteiger charge is -2.36. The number of amides is 1. The summed E-state index contributed by atoms with van der Waals surface area (Å²) in [6, 6.07) is 2.17. The zero-order chi connectivity index (χ0) is 24.2. The van der Waals surface area contributed by atoms with E-state index in [0.717, 1.165) is 25.4 Å². The van der Waals surface area contributed by atoms with Crippen LogP contribution in [0.15, 0.2) is 18.3 Å². The number of ether oxygens (including phenoxy) is 2. The summed E-state index contributed by atoms with van der Waals surface area (Å²) in [4.78, 5) is 28.0. The zero-order valence-corrected chi connectivity index (χ0v) is 13.2. The molecule has 0 unspecified atom stereocenters. The third-order valence-electron chi connectivity index (χ3n) is 2.52. The quantitative estimate of drug-likeness (QED) is 0.772. The maximum absolute atomic E-state index is 12.6. The largest absolute Gasteiger partial charge is 0.464 e. The number of hydrogen-bond donors (Lipinski definition) is 0. The molecule has 1 fully saturated rings. The highest BCUT2D eigenvalue weighted by molar-refractivity contribution is 5.87. The Balaban J connectivity index is 2.65. The zero-order valence-electron chi connectivity index (χ0n) is 21.2. The van der Waals surface area contributed by atoms with Crippen LogP contribution < -0.4 is 4.90 Å². The highest BCUT2D eigenvalue weighted by atomic mass is 16.6. The minimum atomic E-state index is -3.38. The summed E-state index contributed by atoms with van der Waals surface area (Å²) < 4.78 is 75.8. The Morgan fingerprint density at radius 3 is 2.35 bits per heavy atom. The van der Waals surface area contributed by atoms with Crippen molar-refractivity contribution >= 4 is 17.7 Å². The Kier molecular flexibility index (Phi) is 2.71. The molecule has 7 heteroatoms. The number of nitrogens with zero attached hydrogens (tertiary/aromatic N) is 3. The number of methoxy groups -OCH3 is 1. The monoisotopic (exact) mass is 329 g/mol. The van der Waals surface area contributed by atoms with E-state index in [1.54, 1.807) is 0 Å². The molecule has 1 aliphatic rings. The normalized spacial score (nSPS) is 29.2. The van der Waals surface area contributed by atoms with Crippen LogP contribution in [0.4, 0.5) is 10.5 Å². The number of piperazine rings is 1. The van der Waals surface area contributed by atoms with Crippen molar-refractivity contribution in [2.45, 2.75) is 26.4 Å². The van der Waals surface area contributed by atoms with Gasteiger partial charge in [0.1, 0.15) is 11.3 Å². The van der Waals surface area contributed by atoms with Crippen LogP contribution in [0.1, 0.15) is 42.2 Å². The fourth-order valence-corrected chi connectivity index (χ4v) is 1.53. The van der Waals surface area contributed by atoms with Gasteiger partial charge in [0, 0.05) is 26.0 Å². The number of rotatable bonds is 2. The average Bonchev–Trinajstić information content (AvgIpc) is 2.58. The average molecular weight is 329 g/mol. The molecule has 126 valence electrons. The molecule has 0 atom stereocenters. The molecule has 2 heterocycles. The first-order valence-corrected chi connectivity index (χ1v) is 6.70. The van der Waals surface area contributed by atoms with Crippen LogP contribution in [0.2, 0.25) is 0 Å². The maximum atomic E-state index is 12.6. The van der Waals surface area contributed by atoms with Gasteiger partial charge in [-0.15, -0.1) is 0 Å². The van der Waals surface area contributed by atoms with Gasteiger partial charge in [-0.2, -0.15) is 0 Å². The van der Waals surface area contributed by atoms with Gasteiger partial charge in [-0.3, -0.25) is 0 Å². The van der Waals surface area contributed by atoms with Crippen molar-refractivity contribution in [1.29, 1.82) is 0 Å². The van der Waals surface area contributed by atoms with Gasteiger partial charge in [0.15, 0.2) is 0 Å². The van der Waals surface area contributed by atoms with Crippen LogP contribution in [0.25, 0.3) is 0 Å². The van der Waals surface area contributed by atoms with E-state index in [0.29, 0.717) is 0 Å². The van der Waals surface area contributed by atoms with Gasteiger partial charge >= 0.3 is 12.1 Å².